The predicted molar refractivity (Wildman–Crippen MR) is 104 cm³/mol. The van der Waals surface area contributed by atoms with E-state index in [-0.39, 0.29) is 6.09 Å². The number of ether oxygens (including phenoxy) is 1. The quantitative estimate of drug-likeness (QED) is 0.667. The Morgan fingerprint density at radius 1 is 1.19 bits per heavy atom. The van der Waals surface area contributed by atoms with E-state index in [0.29, 0.717) is 25.6 Å². The monoisotopic (exact) mass is 413 g/mol. The molecule has 1 N–H and O–H groups in total. The Morgan fingerprint density at radius 2 is 1.96 bits per heavy atom. The summed E-state index contributed by atoms with van der Waals surface area (Å²) in [5, 5.41) is 0. The van der Waals surface area contributed by atoms with Gasteiger partial charge in [-0.1, -0.05) is 46.3 Å². The molecule has 2 aromatic carbocycles. The summed E-state index contributed by atoms with van der Waals surface area (Å²) in [6.07, 6.45) is 1.55. The van der Waals surface area contributed by atoms with Gasteiger partial charge in [-0.3, -0.25) is 0 Å². The third-order valence-electron chi connectivity index (χ3n) is 4.81. The number of benzene rings is 2. The summed E-state index contributed by atoms with van der Waals surface area (Å²) in [5.74, 6) is 1.36. The number of fused-ring (bicyclic) bond motifs is 1. The van der Waals surface area contributed by atoms with Gasteiger partial charge in [0.05, 0.1) is 11.0 Å². The van der Waals surface area contributed by atoms with Crippen LogP contribution >= 0.6 is 15.9 Å². The molecule has 26 heavy (non-hydrogen) atoms. The van der Waals surface area contributed by atoms with Gasteiger partial charge in [-0.25, -0.2) is 9.78 Å². The molecule has 1 aliphatic rings. The number of nitrogens with zero attached hydrogens (tertiary/aromatic N) is 2. The maximum atomic E-state index is 12.3. The number of imidazole rings is 1. The van der Waals surface area contributed by atoms with Gasteiger partial charge in [0.25, 0.3) is 0 Å². The van der Waals surface area contributed by atoms with E-state index >= 15 is 0 Å². The van der Waals surface area contributed by atoms with Gasteiger partial charge in [0, 0.05) is 23.5 Å². The normalized spacial score (nSPS) is 15.3. The molecule has 2 heterocycles. The Morgan fingerprint density at radius 3 is 2.73 bits per heavy atom. The Hall–Kier alpha value is -2.34. The zero-order chi connectivity index (χ0) is 17.9. The maximum absolute atomic E-state index is 12.3. The summed E-state index contributed by atoms with van der Waals surface area (Å²) >= 11 is 3.49. The lowest BCUT2D eigenvalue weighted by Gasteiger charge is -2.30. The number of nitrogens with one attached hydrogen (secondary N) is 1. The van der Waals surface area contributed by atoms with Gasteiger partial charge in [0.2, 0.25) is 0 Å². The number of halogens is 1. The molecule has 6 heteroatoms. The molecule has 3 aromatic rings. The summed E-state index contributed by atoms with van der Waals surface area (Å²) in [4.78, 5) is 22.2. The average Bonchev–Trinajstić information content (AvgIpc) is 3.10. The van der Waals surface area contributed by atoms with E-state index in [1.54, 1.807) is 4.90 Å². The van der Waals surface area contributed by atoms with E-state index in [1.807, 2.05) is 48.5 Å². The molecular weight excluding hydrogens is 394 g/mol. The molecule has 1 fully saturated rings. The van der Waals surface area contributed by atoms with Crippen molar-refractivity contribution < 1.29 is 9.53 Å². The summed E-state index contributed by atoms with van der Waals surface area (Å²) in [6, 6.07) is 15.8. The van der Waals surface area contributed by atoms with Crippen molar-refractivity contribution in [3.8, 4) is 0 Å². The van der Waals surface area contributed by atoms with Crippen LogP contribution in [0.3, 0.4) is 0 Å². The van der Waals surface area contributed by atoms with Crippen molar-refractivity contribution in [1.82, 2.24) is 14.9 Å². The lowest BCUT2D eigenvalue weighted by molar-refractivity contribution is 0.0867. The second kappa shape index (κ2) is 7.50. The van der Waals surface area contributed by atoms with Crippen molar-refractivity contribution in [2.45, 2.75) is 25.4 Å². The first kappa shape index (κ1) is 17.1. The highest BCUT2D eigenvalue weighted by atomic mass is 79.9. The van der Waals surface area contributed by atoms with E-state index < -0.39 is 0 Å². The van der Waals surface area contributed by atoms with Crippen molar-refractivity contribution in [3.63, 3.8) is 0 Å². The minimum atomic E-state index is -0.235. The van der Waals surface area contributed by atoms with Gasteiger partial charge >= 0.3 is 6.09 Å². The second-order valence-corrected chi connectivity index (χ2v) is 7.50. The largest absolute Gasteiger partial charge is 0.445 e. The number of hydrogen-bond acceptors (Lipinski definition) is 3. The fraction of sp³-hybridized carbons (Fsp3) is 0.300. The van der Waals surface area contributed by atoms with E-state index in [0.717, 1.165) is 39.7 Å². The fourth-order valence-corrected chi connectivity index (χ4v) is 3.70. The van der Waals surface area contributed by atoms with Crippen LogP contribution in [0.15, 0.2) is 53.0 Å². The van der Waals surface area contributed by atoms with Crippen molar-refractivity contribution in [2.24, 2.45) is 0 Å². The molecular formula is C20H20BrN3O2. The molecule has 5 nitrogen and oxygen atoms in total. The van der Waals surface area contributed by atoms with E-state index in [2.05, 4.69) is 20.9 Å². The molecule has 0 saturated carbocycles. The number of piperidine rings is 1. The standard InChI is InChI=1S/C20H20BrN3O2/c21-16-6-7-17-18(12-16)23-19(22-17)15-8-10-24(11-9-15)20(25)26-13-14-4-2-1-3-5-14/h1-7,12,15H,8-11,13H2,(H,22,23). The van der Waals surface area contributed by atoms with Crippen LogP contribution in [0.2, 0.25) is 0 Å². The van der Waals surface area contributed by atoms with Crippen LogP contribution in [0.4, 0.5) is 4.79 Å². The van der Waals surface area contributed by atoms with E-state index in [1.165, 1.54) is 0 Å². The predicted octanol–water partition coefficient (Wildman–Crippen LogP) is 4.84. The molecule has 0 bridgehead atoms. The highest BCUT2D eigenvalue weighted by molar-refractivity contribution is 9.10. The maximum Gasteiger partial charge on any atom is 0.410 e. The number of rotatable bonds is 3. The first-order chi connectivity index (χ1) is 12.7. The molecule has 0 aliphatic carbocycles. The van der Waals surface area contributed by atoms with Gasteiger partial charge in [-0.2, -0.15) is 0 Å². The molecule has 1 amide bonds. The van der Waals surface area contributed by atoms with Gasteiger partial charge in [-0.05, 0) is 36.6 Å². The highest BCUT2D eigenvalue weighted by Gasteiger charge is 2.26. The van der Waals surface area contributed by atoms with E-state index in [4.69, 9.17) is 9.72 Å². The van der Waals surface area contributed by atoms with Crippen molar-refractivity contribution in [1.29, 1.82) is 0 Å². The van der Waals surface area contributed by atoms with Crippen LogP contribution in [0.1, 0.15) is 30.1 Å². The Bertz CT molecular complexity index is 902. The van der Waals surface area contributed by atoms with Crippen molar-refractivity contribution in [2.75, 3.05) is 13.1 Å². The lowest BCUT2D eigenvalue weighted by Crippen LogP contribution is -2.38. The van der Waals surface area contributed by atoms with Crippen LogP contribution < -0.4 is 0 Å². The molecule has 0 atom stereocenters. The number of aromatic amines is 1. The Balaban J connectivity index is 1.33. The van der Waals surface area contributed by atoms with Crippen LogP contribution in [0.5, 0.6) is 0 Å². The Kier molecular flexibility index (Phi) is 4.93. The van der Waals surface area contributed by atoms with Crippen molar-refractivity contribution in [3.05, 3.63) is 64.4 Å². The van der Waals surface area contributed by atoms with Crippen molar-refractivity contribution >= 4 is 33.1 Å². The number of H-pyrrole nitrogens is 1. The molecule has 1 aliphatic heterocycles. The minimum absolute atomic E-state index is 0.235. The number of carbonyl (C=O) groups excluding carboxylic acids is 1. The first-order valence-corrected chi connectivity index (χ1v) is 9.59. The summed E-state index contributed by atoms with van der Waals surface area (Å²) in [7, 11) is 0. The van der Waals surface area contributed by atoms with Gasteiger partial charge in [0.15, 0.2) is 0 Å². The van der Waals surface area contributed by atoms with Crippen LogP contribution in [-0.4, -0.2) is 34.1 Å². The van der Waals surface area contributed by atoms with Gasteiger partial charge in [0.1, 0.15) is 12.4 Å². The third kappa shape index (κ3) is 3.75. The van der Waals surface area contributed by atoms with E-state index in [9.17, 15) is 4.79 Å². The number of hydrogen-bond donors (Lipinski definition) is 1. The third-order valence-corrected chi connectivity index (χ3v) is 5.30. The molecule has 0 radical (unpaired) electrons. The molecule has 134 valence electrons. The van der Waals surface area contributed by atoms with Crippen LogP contribution in [0.25, 0.3) is 11.0 Å². The summed E-state index contributed by atoms with van der Waals surface area (Å²) in [5.41, 5.74) is 3.02. The second-order valence-electron chi connectivity index (χ2n) is 6.59. The number of carbonyl (C=O) groups is 1. The number of likely N-dealkylation sites (tertiary alicyclic amines) is 1. The molecule has 0 spiro atoms. The molecule has 4 rings (SSSR count). The highest BCUT2D eigenvalue weighted by Crippen LogP contribution is 2.28. The topological polar surface area (TPSA) is 58.2 Å². The summed E-state index contributed by atoms with van der Waals surface area (Å²) < 4.78 is 6.47. The summed E-state index contributed by atoms with van der Waals surface area (Å²) in [6.45, 7) is 1.70. The lowest BCUT2D eigenvalue weighted by atomic mass is 9.96. The molecule has 1 aromatic heterocycles. The average molecular weight is 414 g/mol. The first-order valence-electron chi connectivity index (χ1n) is 8.80. The zero-order valence-corrected chi connectivity index (χ0v) is 15.9. The SMILES string of the molecule is O=C(OCc1ccccc1)N1CCC(c2nc3ccc(Br)cc3[nH]2)CC1. The minimum Gasteiger partial charge on any atom is -0.445 e. The number of amides is 1. The van der Waals surface area contributed by atoms with Gasteiger partial charge < -0.3 is 14.6 Å². The number of aromatic nitrogens is 2. The fourth-order valence-electron chi connectivity index (χ4n) is 3.34. The van der Waals surface area contributed by atoms with Crippen LogP contribution in [-0.2, 0) is 11.3 Å². The molecule has 1 saturated heterocycles. The van der Waals surface area contributed by atoms with Crippen LogP contribution in [0, 0.1) is 0 Å². The smallest absolute Gasteiger partial charge is 0.410 e. The van der Waals surface area contributed by atoms with Gasteiger partial charge in [-0.15, -0.1) is 0 Å². The molecule has 0 unspecified atom stereocenters. The Labute approximate surface area is 160 Å². The zero-order valence-electron chi connectivity index (χ0n) is 14.3.